The number of carbonyl (C=O) groups is 1. The van der Waals surface area contributed by atoms with Crippen molar-refractivity contribution in [1.29, 1.82) is 0 Å². The second-order valence-electron chi connectivity index (χ2n) is 13.7. The quantitative estimate of drug-likeness (QED) is 0.266. The van der Waals surface area contributed by atoms with Crippen molar-refractivity contribution in [3.63, 3.8) is 0 Å². The molecular formula is C31H44O4. The molecule has 0 aromatic heterocycles. The van der Waals surface area contributed by atoms with E-state index in [0.717, 1.165) is 11.1 Å². The van der Waals surface area contributed by atoms with Crippen molar-refractivity contribution in [1.82, 2.24) is 0 Å². The van der Waals surface area contributed by atoms with E-state index in [0.29, 0.717) is 22.4 Å². The third kappa shape index (κ3) is 6.28. The maximum Gasteiger partial charge on any atom is 0.343 e. The van der Waals surface area contributed by atoms with E-state index >= 15 is 0 Å². The van der Waals surface area contributed by atoms with Gasteiger partial charge < -0.3 is 14.9 Å². The Morgan fingerprint density at radius 1 is 0.629 bits per heavy atom. The SMILES string of the molecule is C=C(C(=O)Oc1cc(C(C)(C)C)c(O)c(C(C)(C)C)c1)c1cc(C(C)(C)C)c(O)c(C(C)(C)C)c1. The molecule has 0 aliphatic carbocycles. The third-order valence-corrected chi connectivity index (χ3v) is 6.23. The van der Waals surface area contributed by atoms with Crippen molar-refractivity contribution in [2.75, 3.05) is 0 Å². The van der Waals surface area contributed by atoms with Gasteiger partial charge in [-0.15, -0.1) is 0 Å². The van der Waals surface area contributed by atoms with Gasteiger partial charge in [0.1, 0.15) is 17.2 Å². The van der Waals surface area contributed by atoms with Crippen LogP contribution in [0, 0.1) is 0 Å². The van der Waals surface area contributed by atoms with Crippen LogP contribution in [0.25, 0.3) is 5.57 Å². The number of phenols is 2. The molecule has 2 aromatic carbocycles. The largest absolute Gasteiger partial charge is 0.507 e. The molecule has 0 saturated carbocycles. The fourth-order valence-electron chi connectivity index (χ4n) is 4.05. The van der Waals surface area contributed by atoms with E-state index in [4.69, 9.17) is 4.74 Å². The van der Waals surface area contributed by atoms with E-state index in [9.17, 15) is 15.0 Å². The lowest BCUT2D eigenvalue weighted by Gasteiger charge is -2.28. The summed E-state index contributed by atoms with van der Waals surface area (Å²) in [6.45, 7) is 28.3. The summed E-state index contributed by atoms with van der Waals surface area (Å²) in [5, 5.41) is 22.0. The Morgan fingerprint density at radius 2 is 0.914 bits per heavy atom. The van der Waals surface area contributed by atoms with Gasteiger partial charge in [-0.05, 0) is 51.5 Å². The first kappa shape index (κ1) is 28.5. The molecule has 4 nitrogen and oxygen atoms in total. The van der Waals surface area contributed by atoms with Crippen LogP contribution in [0.5, 0.6) is 17.2 Å². The zero-order valence-corrected chi connectivity index (χ0v) is 23.7. The van der Waals surface area contributed by atoms with Crippen LogP contribution in [-0.4, -0.2) is 16.2 Å². The Morgan fingerprint density at radius 3 is 1.20 bits per heavy atom. The average molecular weight is 481 g/mol. The molecular weight excluding hydrogens is 436 g/mol. The number of hydrogen-bond donors (Lipinski definition) is 2. The lowest BCUT2D eigenvalue weighted by molar-refractivity contribution is -0.127. The van der Waals surface area contributed by atoms with Crippen LogP contribution in [0.15, 0.2) is 30.8 Å². The zero-order chi connectivity index (χ0) is 27.3. The molecule has 192 valence electrons. The van der Waals surface area contributed by atoms with Gasteiger partial charge in [0, 0.05) is 22.3 Å². The summed E-state index contributed by atoms with van der Waals surface area (Å²) in [5.74, 6) is 0.278. The van der Waals surface area contributed by atoms with Crippen molar-refractivity contribution in [3.8, 4) is 17.2 Å². The van der Waals surface area contributed by atoms with Gasteiger partial charge in [0.2, 0.25) is 0 Å². The van der Waals surface area contributed by atoms with E-state index in [2.05, 4.69) is 6.58 Å². The number of hydrogen-bond acceptors (Lipinski definition) is 4. The minimum Gasteiger partial charge on any atom is -0.507 e. The Labute approximate surface area is 212 Å². The van der Waals surface area contributed by atoms with Crippen molar-refractivity contribution in [3.05, 3.63) is 58.7 Å². The first-order valence-corrected chi connectivity index (χ1v) is 12.2. The van der Waals surface area contributed by atoms with E-state index in [1.54, 1.807) is 12.1 Å². The molecule has 0 saturated heterocycles. The van der Waals surface area contributed by atoms with Gasteiger partial charge in [-0.2, -0.15) is 0 Å². The maximum atomic E-state index is 13.3. The molecule has 4 heteroatoms. The van der Waals surface area contributed by atoms with Gasteiger partial charge in [-0.3, -0.25) is 0 Å². The van der Waals surface area contributed by atoms with Gasteiger partial charge >= 0.3 is 5.97 Å². The van der Waals surface area contributed by atoms with Crippen LogP contribution in [0.2, 0.25) is 0 Å². The molecule has 0 aliphatic heterocycles. The van der Waals surface area contributed by atoms with E-state index in [1.807, 2.05) is 95.2 Å². The highest BCUT2D eigenvalue weighted by atomic mass is 16.5. The normalized spacial score (nSPS) is 13.0. The molecule has 0 radical (unpaired) electrons. The molecule has 0 heterocycles. The Bertz CT molecular complexity index is 1070. The first-order valence-electron chi connectivity index (χ1n) is 12.2. The molecule has 0 bridgehead atoms. The van der Waals surface area contributed by atoms with Gasteiger partial charge in [0.05, 0.1) is 5.57 Å². The van der Waals surface area contributed by atoms with Crippen molar-refractivity contribution in [2.45, 2.75) is 105 Å². The highest BCUT2D eigenvalue weighted by Gasteiger charge is 2.30. The van der Waals surface area contributed by atoms with Crippen LogP contribution >= 0.6 is 0 Å². The summed E-state index contributed by atoms with van der Waals surface area (Å²) < 4.78 is 5.83. The Kier molecular flexibility index (Phi) is 7.36. The molecule has 0 aliphatic rings. The molecule has 35 heavy (non-hydrogen) atoms. The maximum absolute atomic E-state index is 13.3. The fourth-order valence-corrected chi connectivity index (χ4v) is 4.05. The van der Waals surface area contributed by atoms with E-state index < -0.39 is 5.97 Å². The summed E-state index contributed by atoms with van der Waals surface area (Å²) >= 11 is 0. The fraction of sp³-hybridized carbons (Fsp3) is 0.516. The second-order valence-corrected chi connectivity index (χ2v) is 13.7. The third-order valence-electron chi connectivity index (χ3n) is 6.23. The first-order chi connectivity index (χ1) is 15.5. The lowest BCUT2D eigenvalue weighted by atomic mass is 9.78. The lowest BCUT2D eigenvalue weighted by Crippen LogP contribution is -2.20. The van der Waals surface area contributed by atoms with Gasteiger partial charge in [-0.25, -0.2) is 4.79 Å². The van der Waals surface area contributed by atoms with Crippen molar-refractivity contribution < 1.29 is 19.7 Å². The minimum atomic E-state index is -0.569. The monoisotopic (exact) mass is 480 g/mol. The summed E-state index contributed by atoms with van der Waals surface area (Å²) in [7, 11) is 0. The summed E-state index contributed by atoms with van der Waals surface area (Å²) in [5.41, 5.74) is 2.42. The van der Waals surface area contributed by atoms with Gasteiger partial charge in [-0.1, -0.05) is 89.7 Å². The van der Waals surface area contributed by atoms with E-state index in [1.165, 1.54) is 0 Å². The van der Waals surface area contributed by atoms with Crippen LogP contribution < -0.4 is 4.74 Å². The van der Waals surface area contributed by atoms with Gasteiger partial charge in [0.15, 0.2) is 0 Å². The minimum absolute atomic E-state index is 0.212. The number of ether oxygens (including phenoxy) is 1. The number of phenolic OH excluding ortho intramolecular Hbond substituents is 2. The molecule has 0 atom stereocenters. The van der Waals surface area contributed by atoms with Crippen LogP contribution in [0.4, 0.5) is 0 Å². The molecule has 2 rings (SSSR count). The highest BCUT2D eigenvalue weighted by Crippen LogP contribution is 2.43. The standard InChI is InChI=1S/C31H44O4/c1-18(19-14-21(28(2,3)4)25(32)22(15-19)29(5,6)7)27(34)35-20-16-23(30(8,9)10)26(33)24(17-20)31(11,12)13/h14-17,32-33H,1H2,2-13H3. The highest BCUT2D eigenvalue weighted by molar-refractivity contribution is 6.16. The smallest absolute Gasteiger partial charge is 0.343 e. The number of rotatable bonds is 3. The van der Waals surface area contributed by atoms with Crippen LogP contribution in [0.3, 0.4) is 0 Å². The van der Waals surface area contributed by atoms with Crippen molar-refractivity contribution >= 4 is 11.5 Å². The number of carbonyl (C=O) groups excluding carboxylic acids is 1. The average Bonchev–Trinajstić information content (AvgIpc) is 2.65. The zero-order valence-electron chi connectivity index (χ0n) is 23.7. The molecule has 0 unspecified atom stereocenters. The van der Waals surface area contributed by atoms with E-state index in [-0.39, 0.29) is 38.7 Å². The topological polar surface area (TPSA) is 66.8 Å². The van der Waals surface area contributed by atoms with Crippen LogP contribution in [-0.2, 0) is 26.5 Å². The number of esters is 1. The molecule has 0 spiro atoms. The summed E-state index contributed by atoms with van der Waals surface area (Å²) in [6, 6.07) is 7.11. The summed E-state index contributed by atoms with van der Waals surface area (Å²) in [6.07, 6.45) is 0. The molecule has 0 amide bonds. The predicted octanol–water partition coefficient (Wildman–Crippen LogP) is 7.91. The predicted molar refractivity (Wildman–Crippen MR) is 146 cm³/mol. The molecule has 0 fully saturated rings. The Balaban J connectivity index is 2.59. The Hall–Kier alpha value is -2.75. The van der Waals surface area contributed by atoms with Crippen LogP contribution in [0.1, 0.15) is 111 Å². The van der Waals surface area contributed by atoms with Crippen molar-refractivity contribution in [2.24, 2.45) is 0 Å². The second kappa shape index (κ2) is 9.04. The van der Waals surface area contributed by atoms with Gasteiger partial charge in [0.25, 0.3) is 0 Å². The number of benzene rings is 2. The molecule has 2 N–H and O–H groups in total. The molecule has 2 aromatic rings. The number of aromatic hydroxyl groups is 2. The summed E-state index contributed by atoms with van der Waals surface area (Å²) in [4.78, 5) is 13.3.